The zero-order chi connectivity index (χ0) is 30.9. The summed E-state index contributed by atoms with van der Waals surface area (Å²) < 4.78 is 51.1. The minimum atomic E-state index is -0.783. The SMILES string of the molecule is C#Cc1c(F)ccc2cc(O)cc(-c3cc(F)c4c(N5CC6CCC(C5)N6)nc(OCC5(CN6CC[C@@H](F)C6)CC5)nc4n3)c12. The summed E-state index contributed by atoms with van der Waals surface area (Å²) >= 11 is 0. The summed E-state index contributed by atoms with van der Waals surface area (Å²) in [5, 5.41) is 15.1. The number of fused-ring (bicyclic) bond motifs is 4. The van der Waals surface area contributed by atoms with Gasteiger partial charge in [-0.1, -0.05) is 12.0 Å². The van der Waals surface area contributed by atoms with E-state index in [0.717, 1.165) is 38.8 Å². The summed E-state index contributed by atoms with van der Waals surface area (Å²) in [4.78, 5) is 18.3. The molecule has 5 heterocycles. The quantitative estimate of drug-likeness (QED) is 0.283. The van der Waals surface area contributed by atoms with E-state index in [1.165, 1.54) is 30.3 Å². The van der Waals surface area contributed by atoms with Crippen LogP contribution in [0.1, 0.15) is 37.7 Å². The van der Waals surface area contributed by atoms with Crippen molar-refractivity contribution in [3.8, 4) is 35.4 Å². The topological polar surface area (TPSA) is 86.6 Å². The molecule has 3 saturated heterocycles. The third-order valence-electron chi connectivity index (χ3n) is 9.81. The van der Waals surface area contributed by atoms with Gasteiger partial charge >= 0.3 is 6.01 Å². The average Bonchev–Trinajstić information content (AvgIpc) is 3.54. The van der Waals surface area contributed by atoms with Gasteiger partial charge in [0.25, 0.3) is 0 Å². The monoisotopic (exact) mass is 614 g/mol. The third kappa shape index (κ3) is 5.20. The van der Waals surface area contributed by atoms with Crippen molar-refractivity contribution in [3.05, 3.63) is 47.5 Å². The maximum Gasteiger partial charge on any atom is 0.320 e. The number of hydrogen-bond donors (Lipinski definition) is 2. The Morgan fingerprint density at radius 3 is 2.51 bits per heavy atom. The van der Waals surface area contributed by atoms with Gasteiger partial charge in [0.1, 0.15) is 29.4 Å². The summed E-state index contributed by atoms with van der Waals surface area (Å²) in [5.74, 6) is 1.54. The van der Waals surface area contributed by atoms with Gasteiger partial charge in [-0.3, -0.25) is 4.90 Å². The number of anilines is 1. The molecular formula is C34H33F3N6O2. The molecule has 0 spiro atoms. The molecule has 232 valence electrons. The number of alkyl halides is 1. The number of phenols is 1. The van der Waals surface area contributed by atoms with Gasteiger partial charge in [-0.2, -0.15) is 9.97 Å². The first-order chi connectivity index (χ1) is 21.8. The van der Waals surface area contributed by atoms with Crippen LogP contribution in [0.4, 0.5) is 19.0 Å². The number of piperazine rings is 1. The van der Waals surface area contributed by atoms with Crippen LogP contribution < -0.4 is 15.0 Å². The smallest absolute Gasteiger partial charge is 0.320 e. The molecule has 1 saturated carbocycles. The van der Waals surface area contributed by atoms with E-state index in [1.807, 2.05) is 0 Å². The predicted molar refractivity (Wildman–Crippen MR) is 165 cm³/mol. The molecule has 1 aliphatic carbocycles. The van der Waals surface area contributed by atoms with Gasteiger partial charge in [0.05, 0.1) is 23.3 Å². The first-order valence-corrected chi connectivity index (χ1v) is 15.6. The van der Waals surface area contributed by atoms with E-state index < -0.39 is 17.8 Å². The molecule has 2 bridgehead atoms. The Labute approximate surface area is 258 Å². The number of pyridine rings is 1. The molecule has 4 aliphatic rings. The van der Waals surface area contributed by atoms with Crippen LogP contribution in [0.2, 0.25) is 0 Å². The molecule has 2 aromatic heterocycles. The van der Waals surface area contributed by atoms with E-state index in [4.69, 9.17) is 21.1 Å². The Kier molecular flexibility index (Phi) is 6.76. The lowest BCUT2D eigenvalue weighted by molar-refractivity contribution is 0.165. The molecule has 2 unspecified atom stereocenters. The Hall–Kier alpha value is -4.14. The fourth-order valence-electron chi connectivity index (χ4n) is 7.37. The first-order valence-electron chi connectivity index (χ1n) is 15.6. The second-order valence-electron chi connectivity index (χ2n) is 13.1. The number of terminal acetylenes is 1. The highest BCUT2D eigenvalue weighted by Crippen LogP contribution is 2.47. The van der Waals surface area contributed by atoms with Gasteiger partial charge in [-0.25, -0.2) is 18.2 Å². The number of hydrogen-bond acceptors (Lipinski definition) is 8. The van der Waals surface area contributed by atoms with Crippen LogP contribution in [-0.4, -0.2) is 82.5 Å². The van der Waals surface area contributed by atoms with Crippen molar-refractivity contribution in [2.75, 3.05) is 44.2 Å². The van der Waals surface area contributed by atoms with Gasteiger partial charge in [-0.15, -0.1) is 6.42 Å². The normalized spacial score (nSPS) is 24.0. The summed E-state index contributed by atoms with van der Waals surface area (Å²) in [6.07, 6.45) is 9.48. The number of nitrogens with one attached hydrogen (secondary N) is 1. The number of nitrogens with zero attached hydrogens (tertiary/aromatic N) is 5. The average molecular weight is 615 g/mol. The highest BCUT2D eigenvalue weighted by Gasteiger charge is 2.46. The van der Waals surface area contributed by atoms with Crippen LogP contribution >= 0.6 is 0 Å². The highest BCUT2D eigenvalue weighted by atomic mass is 19.1. The number of aromatic nitrogens is 3. The molecule has 11 heteroatoms. The van der Waals surface area contributed by atoms with Crippen LogP contribution in [0.5, 0.6) is 11.8 Å². The van der Waals surface area contributed by atoms with E-state index in [9.17, 15) is 13.9 Å². The standard InChI is InChI=1S/C34H33F3N6O2/c1-2-24-26(36)6-3-19-11-23(44)12-25(29(19)24)28-13-27(37)30-31(39-28)40-33(41-32(30)43-15-21-4-5-22(16-43)38-21)45-18-34(8-9-34)17-42-10-7-20(35)14-42/h1,3,6,11-13,20-22,38,44H,4-5,7-10,14-18H2/t20-,21?,22?/m1/s1. The van der Waals surface area contributed by atoms with Crippen molar-refractivity contribution in [1.82, 2.24) is 25.2 Å². The van der Waals surface area contributed by atoms with Crippen molar-refractivity contribution in [2.24, 2.45) is 5.41 Å². The molecule has 2 aromatic carbocycles. The maximum absolute atomic E-state index is 16.3. The molecule has 8 rings (SSSR count). The zero-order valence-electron chi connectivity index (χ0n) is 24.7. The molecule has 8 nitrogen and oxygen atoms in total. The molecule has 0 amide bonds. The third-order valence-corrected chi connectivity index (χ3v) is 9.81. The molecule has 45 heavy (non-hydrogen) atoms. The van der Waals surface area contributed by atoms with Gasteiger partial charge < -0.3 is 20.1 Å². The van der Waals surface area contributed by atoms with Crippen LogP contribution in [0.25, 0.3) is 33.1 Å². The number of halogens is 3. The van der Waals surface area contributed by atoms with Crippen molar-refractivity contribution in [2.45, 2.75) is 50.4 Å². The lowest BCUT2D eigenvalue weighted by atomic mass is 9.96. The van der Waals surface area contributed by atoms with Crippen LogP contribution in [0.15, 0.2) is 30.3 Å². The van der Waals surface area contributed by atoms with E-state index in [1.54, 1.807) is 0 Å². The van der Waals surface area contributed by atoms with Crippen LogP contribution in [-0.2, 0) is 0 Å². The van der Waals surface area contributed by atoms with E-state index in [-0.39, 0.29) is 57.1 Å². The molecule has 0 radical (unpaired) electrons. The van der Waals surface area contributed by atoms with Crippen molar-refractivity contribution in [1.29, 1.82) is 0 Å². The number of phenolic OH excluding ortho intramolecular Hbond substituents is 1. The lowest BCUT2D eigenvalue weighted by Crippen LogP contribution is -2.51. The highest BCUT2D eigenvalue weighted by molar-refractivity contribution is 6.02. The number of likely N-dealkylation sites (tertiary alicyclic amines) is 1. The summed E-state index contributed by atoms with van der Waals surface area (Å²) in [6, 6.07) is 7.55. The van der Waals surface area contributed by atoms with Crippen LogP contribution in [0.3, 0.4) is 0 Å². The fraction of sp³-hybridized carbons (Fsp3) is 0.441. The van der Waals surface area contributed by atoms with Crippen molar-refractivity contribution >= 4 is 27.6 Å². The molecule has 3 atom stereocenters. The fourth-order valence-corrected chi connectivity index (χ4v) is 7.37. The number of aromatic hydroxyl groups is 1. The zero-order valence-corrected chi connectivity index (χ0v) is 24.7. The largest absolute Gasteiger partial charge is 0.508 e. The molecule has 3 aliphatic heterocycles. The summed E-state index contributed by atoms with van der Waals surface area (Å²) in [5.41, 5.74) is 0.436. The van der Waals surface area contributed by atoms with E-state index in [2.05, 4.69) is 26.0 Å². The lowest BCUT2D eigenvalue weighted by Gasteiger charge is -2.34. The Balaban J connectivity index is 1.22. The van der Waals surface area contributed by atoms with E-state index >= 15 is 4.39 Å². The Morgan fingerprint density at radius 2 is 1.80 bits per heavy atom. The maximum atomic E-state index is 16.3. The summed E-state index contributed by atoms with van der Waals surface area (Å²) in [7, 11) is 0. The van der Waals surface area contributed by atoms with E-state index in [0.29, 0.717) is 49.3 Å². The Bertz CT molecular complexity index is 1860. The van der Waals surface area contributed by atoms with Gasteiger partial charge in [0.2, 0.25) is 0 Å². The number of ether oxygens (including phenoxy) is 1. The second kappa shape index (κ2) is 10.7. The molecule has 2 N–H and O–H groups in total. The number of benzene rings is 2. The van der Waals surface area contributed by atoms with Gasteiger partial charge in [0.15, 0.2) is 5.65 Å². The summed E-state index contributed by atoms with van der Waals surface area (Å²) in [6.45, 7) is 3.63. The van der Waals surface area contributed by atoms with Gasteiger partial charge in [-0.05, 0) is 55.7 Å². The second-order valence-corrected chi connectivity index (χ2v) is 13.1. The molecule has 4 fully saturated rings. The van der Waals surface area contributed by atoms with Crippen molar-refractivity contribution in [3.63, 3.8) is 0 Å². The predicted octanol–water partition coefficient (Wildman–Crippen LogP) is 4.95. The van der Waals surface area contributed by atoms with Crippen molar-refractivity contribution < 1.29 is 23.0 Å². The van der Waals surface area contributed by atoms with Crippen LogP contribution in [0, 0.1) is 29.4 Å². The minimum Gasteiger partial charge on any atom is -0.508 e. The Morgan fingerprint density at radius 1 is 1.00 bits per heavy atom. The molecule has 4 aromatic rings. The van der Waals surface area contributed by atoms with Gasteiger partial charge in [0, 0.05) is 67.2 Å². The minimum absolute atomic E-state index is 0.000288. The number of rotatable bonds is 7. The molecular weight excluding hydrogens is 581 g/mol. The first kappa shape index (κ1) is 28.3.